The van der Waals surface area contributed by atoms with Crippen molar-refractivity contribution in [2.75, 3.05) is 38.1 Å². The van der Waals surface area contributed by atoms with E-state index in [0.29, 0.717) is 5.02 Å². The molecule has 0 aliphatic carbocycles. The van der Waals surface area contributed by atoms with Crippen molar-refractivity contribution in [2.45, 2.75) is 6.92 Å². The molecule has 104 valence electrons. The summed E-state index contributed by atoms with van der Waals surface area (Å²) in [5, 5.41) is 1.66. The van der Waals surface area contributed by atoms with Crippen LogP contribution in [0.15, 0.2) is 18.2 Å². The second-order valence-electron chi connectivity index (χ2n) is 4.78. The van der Waals surface area contributed by atoms with E-state index in [4.69, 9.17) is 11.6 Å². The van der Waals surface area contributed by atoms with Crippen LogP contribution < -0.4 is 0 Å². The minimum Gasteiger partial charge on any atom is -0.336 e. The van der Waals surface area contributed by atoms with E-state index >= 15 is 0 Å². The highest BCUT2D eigenvalue weighted by atomic mass is 79.9. The number of piperazine rings is 1. The van der Waals surface area contributed by atoms with Crippen molar-refractivity contribution in [1.82, 2.24) is 9.80 Å². The van der Waals surface area contributed by atoms with Crippen LogP contribution in [0.1, 0.15) is 15.9 Å². The van der Waals surface area contributed by atoms with Gasteiger partial charge in [0, 0.05) is 48.6 Å². The van der Waals surface area contributed by atoms with Crippen LogP contribution >= 0.6 is 27.5 Å². The van der Waals surface area contributed by atoms with E-state index in [9.17, 15) is 4.79 Å². The Kier molecular flexibility index (Phi) is 5.25. The molecule has 1 aliphatic heterocycles. The summed E-state index contributed by atoms with van der Waals surface area (Å²) in [6, 6.07) is 5.45. The van der Waals surface area contributed by atoms with Crippen molar-refractivity contribution in [3.05, 3.63) is 34.3 Å². The Labute approximate surface area is 127 Å². The first-order valence-electron chi connectivity index (χ1n) is 6.45. The van der Waals surface area contributed by atoms with Gasteiger partial charge in [0.05, 0.1) is 0 Å². The largest absolute Gasteiger partial charge is 0.336 e. The molecule has 1 aromatic carbocycles. The number of aryl methyl sites for hydroxylation is 1. The van der Waals surface area contributed by atoms with E-state index in [1.54, 1.807) is 6.07 Å². The fraction of sp³-hybridized carbons (Fsp3) is 0.500. The van der Waals surface area contributed by atoms with Gasteiger partial charge in [0.1, 0.15) is 0 Å². The molecule has 1 aliphatic rings. The number of amides is 1. The molecule has 0 radical (unpaired) electrons. The molecule has 0 unspecified atom stereocenters. The number of alkyl halides is 1. The maximum absolute atomic E-state index is 12.5. The summed E-state index contributed by atoms with van der Waals surface area (Å²) >= 11 is 9.37. The molecular formula is C14H18BrClN2O. The summed E-state index contributed by atoms with van der Waals surface area (Å²) in [7, 11) is 0. The van der Waals surface area contributed by atoms with Crippen molar-refractivity contribution in [3.63, 3.8) is 0 Å². The third kappa shape index (κ3) is 3.71. The lowest BCUT2D eigenvalue weighted by Gasteiger charge is -2.34. The van der Waals surface area contributed by atoms with Gasteiger partial charge in [0.25, 0.3) is 5.91 Å². The van der Waals surface area contributed by atoms with E-state index in [-0.39, 0.29) is 5.91 Å². The molecule has 19 heavy (non-hydrogen) atoms. The predicted octanol–water partition coefficient (Wildman–Crippen LogP) is 2.80. The highest BCUT2D eigenvalue weighted by molar-refractivity contribution is 9.09. The van der Waals surface area contributed by atoms with Gasteiger partial charge < -0.3 is 4.90 Å². The summed E-state index contributed by atoms with van der Waals surface area (Å²) in [6.07, 6.45) is 0. The lowest BCUT2D eigenvalue weighted by molar-refractivity contribution is 0.0644. The minimum absolute atomic E-state index is 0.118. The number of nitrogens with zero attached hydrogens (tertiary/aromatic N) is 2. The van der Waals surface area contributed by atoms with E-state index < -0.39 is 0 Å². The second kappa shape index (κ2) is 6.73. The molecule has 1 amide bonds. The molecule has 0 saturated carbocycles. The first-order chi connectivity index (χ1) is 9.11. The van der Waals surface area contributed by atoms with Gasteiger partial charge in [-0.1, -0.05) is 27.5 Å². The van der Waals surface area contributed by atoms with E-state index in [0.717, 1.165) is 49.2 Å². The van der Waals surface area contributed by atoms with Gasteiger partial charge in [-0.25, -0.2) is 0 Å². The van der Waals surface area contributed by atoms with Crippen LogP contribution in [0.2, 0.25) is 5.02 Å². The van der Waals surface area contributed by atoms with Crippen LogP contribution in [-0.2, 0) is 0 Å². The van der Waals surface area contributed by atoms with Crippen LogP contribution in [0.5, 0.6) is 0 Å². The molecular weight excluding hydrogens is 328 g/mol. The zero-order valence-corrected chi connectivity index (χ0v) is 13.4. The number of rotatable bonds is 3. The number of hydrogen-bond donors (Lipinski definition) is 0. The number of hydrogen-bond acceptors (Lipinski definition) is 2. The molecule has 0 bridgehead atoms. The highest BCUT2D eigenvalue weighted by Gasteiger charge is 2.22. The zero-order chi connectivity index (χ0) is 13.8. The fourth-order valence-corrected chi connectivity index (χ4v) is 3.06. The summed E-state index contributed by atoms with van der Waals surface area (Å²) in [5.74, 6) is 0.118. The molecule has 1 fully saturated rings. The Morgan fingerprint density at radius 2 is 2.00 bits per heavy atom. The van der Waals surface area contributed by atoms with Gasteiger partial charge in [0.2, 0.25) is 0 Å². The molecule has 0 aromatic heterocycles. The standard InChI is InChI=1S/C14H18BrClN2O/c1-11-10-12(16)2-3-13(11)14(19)18-8-6-17(5-4-15)7-9-18/h2-3,10H,4-9H2,1H3. The molecule has 5 heteroatoms. The second-order valence-corrected chi connectivity index (χ2v) is 6.01. The summed E-state index contributed by atoms with van der Waals surface area (Å²) in [4.78, 5) is 16.8. The van der Waals surface area contributed by atoms with Crippen LogP contribution in [0.3, 0.4) is 0 Å². The van der Waals surface area contributed by atoms with Gasteiger partial charge in [-0.05, 0) is 30.7 Å². The quantitative estimate of drug-likeness (QED) is 0.787. The van der Waals surface area contributed by atoms with Crippen molar-refractivity contribution in [3.8, 4) is 0 Å². The predicted molar refractivity (Wildman–Crippen MR) is 82.3 cm³/mol. The maximum Gasteiger partial charge on any atom is 0.254 e. The Morgan fingerprint density at radius 1 is 1.32 bits per heavy atom. The maximum atomic E-state index is 12.5. The number of carbonyl (C=O) groups is 1. The molecule has 2 rings (SSSR count). The number of benzene rings is 1. The molecule has 3 nitrogen and oxygen atoms in total. The van der Waals surface area contributed by atoms with Crippen molar-refractivity contribution >= 4 is 33.4 Å². The lowest BCUT2D eigenvalue weighted by atomic mass is 10.1. The van der Waals surface area contributed by atoms with Gasteiger partial charge in [0.15, 0.2) is 0 Å². The fourth-order valence-electron chi connectivity index (χ4n) is 2.33. The number of carbonyl (C=O) groups excluding carboxylic acids is 1. The first kappa shape index (κ1) is 14.8. The SMILES string of the molecule is Cc1cc(Cl)ccc1C(=O)N1CCN(CCBr)CC1. The molecule has 0 N–H and O–H groups in total. The lowest BCUT2D eigenvalue weighted by Crippen LogP contribution is -2.49. The third-order valence-corrected chi connectivity index (χ3v) is 4.07. The Balaban J connectivity index is 2.01. The van der Waals surface area contributed by atoms with Gasteiger partial charge in [-0.15, -0.1) is 0 Å². The molecule has 0 spiro atoms. The molecule has 1 aromatic rings. The average Bonchev–Trinajstić information content (AvgIpc) is 2.39. The Hall–Kier alpha value is -0.580. The smallest absolute Gasteiger partial charge is 0.254 e. The van der Waals surface area contributed by atoms with Crippen molar-refractivity contribution in [1.29, 1.82) is 0 Å². The van der Waals surface area contributed by atoms with Gasteiger partial charge >= 0.3 is 0 Å². The van der Waals surface area contributed by atoms with Crippen molar-refractivity contribution < 1.29 is 4.79 Å². The molecule has 0 atom stereocenters. The summed E-state index contributed by atoms with van der Waals surface area (Å²) in [5.41, 5.74) is 1.71. The monoisotopic (exact) mass is 344 g/mol. The Morgan fingerprint density at radius 3 is 2.58 bits per heavy atom. The molecule has 1 heterocycles. The first-order valence-corrected chi connectivity index (χ1v) is 7.95. The molecule has 1 saturated heterocycles. The van der Waals surface area contributed by atoms with Crippen LogP contribution in [0.25, 0.3) is 0 Å². The van der Waals surface area contributed by atoms with Crippen LogP contribution in [0, 0.1) is 6.92 Å². The zero-order valence-electron chi connectivity index (χ0n) is 11.0. The highest BCUT2D eigenvalue weighted by Crippen LogP contribution is 2.17. The summed E-state index contributed by atoms with van der Waals surface area (Å²) in [6.45, 7) is 6.47. The number of halogens is 2. The van der Waals surface area contributed by atoms with E-state index in [2.05, 4.69) is 20.8 Å². The summed E-state index contributed by atoms with van der Waals surface area (Å²) < 4.78 is 0. The van der Waals surface area contributed by atoms with Crippen LogP contribution in [-0.4, -0.2) is 53.8 Å². The minimum atomic E-state index is 0.118. The van der Waals surface area contributed by atoms with Crippen LogP contribution in [0.4, 0.5) is 0 Å². The Bertz CT molecular complexity index is 459. The topological polar surface area (TPSA) is 23.6 Å². The van der Waals surface area contributed by atoms with Gasteiger partial charge in [-0.3, -0.25) is 9.69 Å². The van der Waals surface area contributed by atoms with E-state index in [1.807, 2.05) is 24.0 Å². The average molecular weight is 346 g/mol. The van der Waals surface area contributed by atoms with E-state index in [1.165, 1.54) is 0 Å². The normalized spacial score (nSPS) is 16.7. The van der Waals surface area contributed by atoms with Gasteiger partial charge in [-0.2, -0.15) is 0 Å². The van der Waals surface area contributed by atoms with Crippen molar-refractivity contribution in [2.24, 2.45) is 0 Å². The third-order valence-electron chi connectivity index (χ3n) is 3.48.